The SMILES string of the molecule is COc1cc(C(C)C)c(Oc2cnc(N)nc2N)cc1N.COc1cc(C(C)C)c(Oc2cnc(N)nc2N)cc1NC(=O)Nc1ccccc1.O=Nc1ccccc1. The van der Waals surface area contributed by atoms with Crippen LogP contribution in [0.4, 0.5) is 51.1 Å². The summed E-state index contributed by atoms with van der Waals surface area (Å²) in [6.45, 7) is 8.11. The maximum atomic E-state index is 12.5. The van der Waals surface area contributed by atoms with Gasteiger partial charge >= 0.3 is 6.03 Å². The second-order valence-corrected chi connectivity index (χ2v) is 13.1. The standard InChI is InChI=1S/C21H24N6O3.C14H19N5O2.C6H5NO/c1-12(2)14-9-17(29-3)15(26-21(28)25-13-7-5-4-6-8-13)10-16(14)30-18-11-24-20(23)27-19(18)22;1-7(2)8-4-11(20-3)9(15)5-10(8)21-12-6-18-14(17)19-13(12)16;8-7-6-4-2-1-3-5-6/h4-12H,1-3H3,(H2,25,26,28)(H4,22,23,24,27);4-7H,15H2,1-3H3,(H4,16,17,18,19);1-5H. The van der Waals surface area contributed by atoms with E-state index in [1.165, 1.54) is 19.5 Å². The summed E-state index contributed by atoms with van der Waals surface area (Å²) in [4.78, 5) is 37.8. The molecule has 308 valence electrons. The number of rotatable bonds is 11. The van der Waals surface area contributed by atoms with Crippen LogP contribution in [0.2, 0.25) is 0 Å². The number of carbonyl (C=O) groups is 1. The molecule has 6 aromatic rings. The fourth-order valence-electron chi connectivity index (χ4n) is 5.18. The summed E-state index contributed by atoms with van der Waals surface area (Å²) < 4.78 is 22.5. The maximum Gasteiger partial charge on any atom is 0.323 e. The second-order valence-electron chi connectivity index (χ2n) is 13.1. The minimum atomic E-state index is -0.418. The van der Waals surface area contributed by atoms with Crippen LogP contribution in [0.3, 0.4) is 0 Å². The number of nitrogen functional groups attached to an aromatic ring is 5. The maximum absolute atomic E-state index is 12.5. The Morgan fingerprint density at radius 3 is 1.53 bits per heavy atom. The van der Waals surface area contributed by atoms with Crippen LogP contribution in [0.25, 0.3) is 0 Å². The molecular weight excluding hydrogens is 757 g/mol. The average molecular weight is 805 g/mol. The van der Waals surface area contributed by atoms with Crippen molar-refractivity contribution in [1.82, 2.24) is 19.9 Å². The lowest BCUT2D eigenvalue weighted by molar-refractivity contribution is 0.262. The summed E-state index contributed by atoms with van der Waals surface area (Å²) in [5.74, 6) is 3.52. The van der Waals surface area contributed by atoms with E-state index in [9.17, 15) is 9.70 Å². The number of carbonyl (C=O) groups excluding carboxylic acids is 1. The van der Waals surface area contributed by atoms with Gasteiger partial charge in [0.1, 0.15) is 28.7 Å². The summed E-state index contributed by atoms with van der Waals surface area (Å²) >= 11 is 0. The average Bonchev–Trinajstić information content (AvgIpc) is 3.21. The highest BCUT2D eigenvalue weighted by atomic mass is 16.5. The van der Waals surface area contributed by atoms with Gasteiger partial charge in [0.05, 0.1) is 38.0 Å². The number of para-hydroxylation sites is 1. The Morgan fingerprint density at radius 2 is 1.08 bits per heavy atom. The third-order valence-electron chi connectivity index (χ3n) is 8.12. The van der Waals surface area contributed by atoms with Crippen molar-refractivity contribution in [3.8, 4) is 34.5 Å². The predicted molar refractivity (Wildman–Crippen MR) is 231 cm³/mol. The number of aromatic nitrogens is 4. The molecule has 12 N–H and O–H groups in total. The summed E-state index contributed by atoms with van der Waals surface area (Å²) in [6, 6.07) is 24.4. The zero-order valence-electron chi connectivity index (χ0n) is 33.5. The molecule has 0 bridgehead atoms. The number of hydrogen-bond acceptors (Lipinski definition) is 16. The highest BCUT2D eigenvalue weighted by Gasteiger charge is 2.19. The first-order chi connectivity index (χ1) is 28.2. The number of hydrogen-bond donors (Lipinski definition) is 7. The van der Waals surface area contributed by atoms with Crippen molar-refractivity contribution in [3.05, 3.63) is 113 Å². The number of nitrogens with one attached hydrogen (secondary N) is 2. The molecule has 2 amide bonds. The van der Waals surface area contributed by atoms with Gasteiger partial charge in [0, 0.05) is 28.9 Å². The predicted octanol–water partition coefficient (Wildman–Crippen LogP) is 8.44. The van der Waals surface area contributed by atoms with Gasteiger partial charge in [-0.2, -0.15) is 9.97 Å². The summed E-state index contributed by atoms with van der Waals surface area (Å²) in [7, 11) is 3.11. The molecule has 18 heteroatoms. The van der Waals surface area contributed by atoms with Gasteiger partial charge in [-0.1, -0.05) is 64.1 Å². The molecule has 2 aromatic heterocycles. The first-order valence-electron chi connectivity index (χ1n) is 18.0. The van der Waals surface area contributed by atoms with Gasteiger partial charge in [0.15, 0.2) is 23.1 Å². The van der Waals surface area contributed by atoms with Crippen molar-refractivity contribution >= 4 is 52.3 Å². The highest BCUT2D eigenvalue weighted by Crippen LogP contribution is 2.40. The summed E-state index contributed by atoms with van der Waals surface area (Å²) in [6.07, 6.45) is 2.84. The van der Waals surface area contributed by atoms with Crippen LogP contribution in [0, 0.1) is 4.91 Å². The second kappa shape index (κ2) is 20.9. The van der Waals surface area contributed by atoms with E-state index in [1.54, 1.807) is 55.6 Å². The lowest BCUT2D eigenvalue weighted by Gasteiger charge is -2.19. The summed E-state index contributed by atoms with van der Waals surface area (Å²) in [5, 5.41) is 8.27. The molecule has 0 saturated heterocycles. The number of nitrogens with two attached hydrogens (primary N) is 5. The molecule has 0 aliphatic rings. The molecule has 0 unspecified atom stereocenters. The number of anilines is 7. The van der Waals surface area contributed by atoms with E-state index in [0.29, 0.717) is 51.5 Å². The first kappa shape index (κ1) is 43.8. The van der Waals surface area contributed by atoms with Crippen LogP contribution in [0.5, 0.6) is 34.5 Å². The molecular formula is C41H48N12O6. The molecule has 0 spiro atoms. The van der Waals surface area contributed by atoms with E-state index in [-0.39, 0.29) is 41.1 Å². The van der Waals surface area contributed by atoms with E-state index in [2.05, 4.69) is 35.7 Å². The molecule has 6 rings (SSSR count). The number of methoxy groups -OCH3 is 2. The lowest BCUT2D eigenvalue weighted by Crippen LogP contribution is -2.20. The van der Waals surface area contributed by atoms with Gasteiger partial charge in [0.25, 0.3) is 0 Å². The molecule has 0 fully saturated rings. The monoisotopic (exact) mass is 804 g/mol. The van der Waals surface area contributed by atoms with E-state index in [0.717, 1.165) is 11.1 Å². The molecule has 0 aliphatic heterocycles. The third-order valence-corrected chi connectivity index (χ3v) is 8.12. The van der Waals surface area contributed by atoms with E-state index in [1.807, 2.05) is 64.1 Å². The van der Waals surface area contributed by atoms with Crippen LogP contribution >= 0.6 is 0 Å². The summed E-state index contributed by atoms with van der Waals surface area (Å²) in [5.41, 5.74) is 32.5. The van der Waals surface area contributed by atoms with Crippen LogP contribution in [-0.4, -0.2) is 40.2 Å². The molecule has 18 nitrogen and oxygen atoms in total. The number of benzene rings is 4. The molecule has 0 aliphatic carbocycles. The van der Waals surface area contributed by atoms with Gasteiger partial charge in [-0.05, 0) is 53.4 Å². The number of urea groups is 1. The van der Waals surface area contributed by atoms with Crippen molar-refractivity contribution in [1.29, 1.82) is 0 Å². The van der Waals surface area contributed by atoms with Crippen molar-refractivity contribution in [2.45, 2.75) is 39.5 Å². The van der Waals surface area contributed by atoms with E-state index < -0.39 is 6.03 Å². The lowest BCUT2D eigenvalue weighted by atomic mass is 10.0. The molecule has 2 heterocycles. The van der Waals surface area contributed by atoms with Gasteiger partial charge in [0.2, 0.25) is 11.9 Å². The van der Waals surface area contributed by atoms with E-state index >= 15 is 0 Å². The van der Waals surface area contributed by atoms with Crippen LogP contribution in [0.15, 0.2) is 102 Å². The fourth-order valence-corrected chi connectivity index (χ4v) is 5.18. The minimum Gasteiger partial charge on any atom is -0.495 e. The van der Waals surface area contributed by atoms with Crippen molar-refractivity contribution < 1.29 is 23.7 Å². The smallest absolute Gasteiger partial charge is 0.323 e. The Labute approximate surface area is 341 Å². The molecule has 0 saturated carbocycles. The Balaban J connectivity index is 0.000000228. The van der Waals surface area contributed by atoms with Gasteiger partial charge in [-0.3, -0.25) is 0 Å². The van der Waals surface area contributed by atoms with Crippen molar-refractivity contribution in [3.63, 3.8) is 0 Å². The van der Waals surface area contributed by atoms with Crippen LogP contribution in [0.1, 0.15) is 50.7 Å². The van der Waals surface area contributed by atoms with Crippen LogP contribution in [-0.2, 0) is 0 Å². The largest absolute Gasteiger partial charge is 0.495 e. The third kappa shape index (κ3) is 12.6. The number of nitroso groups, excluding NO2 is 1. The zero-order valence-corrected chi connectivity index (χ0v) is 33.5. The topological polar surface area (TPSA) is 289 Å². The van der Waals surface area contributed by atoms with Gasteiger partial charge < -0.3 is 58.2 Å². The quantitative estimate of drug-likeness (QED) is 0.0477. The van der Waals surface area contributed by atoms with Gasteiger partial charge in [-0.15, -0.1) is 4.91 Å². The van der Waals surface area contributed by atoms with Crippen molar-refractivity contribution in [2.75, 3.05) is 53.5 Å². The molecule has 4 aromatic carbocycles. The van der Waals surface area contributed by atoms with E-state index in [4.69, 9.17) is 47.6 Å². The zero-order chi connectivity index (χ0) is 43.1. The number of ether oxygens (including phenoxy) is 4. The molecule has 59 heavy (non-hydrogen) atoms. The first-order valence-corrected chi connectivity index (χ1v) is 18.0. The molecule has 0 radical (unpaired) electrons. The minimum absolute atomic E-state index is 0.0543. The van der Waals surface area contributed by atoms with Gasteiger partial charge in [-0.25, -0.2) is 14.8 Å². The Hall–Kier alpha value is -7.89. The van der Waals surface area contributed by atoms with Crippen molar-refractivity contribution in [2.24, 2.45) is 5.18 Å². The highest BCUT2D eigenvalue weighted by molar-refractivity contribution is 6.01. The number of nitrogens with zero attached hydrogens (tertiary/aromatic N) is 5. The Kier molecular flexibility index (Phi) is 15.5. The Morgan fingerprint density at radius 1 is 0.610 bits per heavy atom. The Bertz CT molecular complexity index is 2330. The number of amides is 2. The molecule has 0 atom stereocenters. The fraction of sp³-hybridized carbons (Fsp3) is 0.195. The van der Waals surface area contributed by atoms with Crippen LogP contribution < -0.4 is 58.2 Å². The normalized spacial score (nSPS) is 10.3.